The van der Waals surface area contributed by atoms with Crippen molar-refractivity contribution in [3.8, 4) is 0 Å². The first-order chi connectivity index (χ1) is 10.2. The van der Waals surface area contributed by atoms with E-state index < -0.39 is 0 Å². The van der Waals surface area contributed by atoms with Crippen molar-refractivity contribution in [1.82, 2.24) is 15.2 Å². The van der Waals surface area contributed by atoms with Gasteiger partial charge in [-0.05, 0) is 31.4 Å². The number of aromatic nitrogens is 1. The molecular weight excluding hydrogens is 266 g/mol. The smallest absolute Gasteiger partial charge is 0.239 e. The number of pyridine rings is 1. The molecule has 1 N–H and O–H groups in total. The number of piperazine rings is 1. The second-order valence-corrected chi connectivity index (χ2v) is 5.87. The Morgan fingerprint density at radius 1 is 1.33 bits per heavy atom. The van der Waals surface area contributed by atoms with Gasteiger partial charge in [0, 0.05) is 24.4 Å². The maximum absolute atomic E-state index is 12.5. The average Bonchev–Trinajstić information content (AvgIpc) is 2.52. The molecule has 112 valence electrons. The topological polar surface area (TPSA) is 62.3 Å². The van der Waals surface area contributed by atoms with Gasteiger partial charge in [0.2, 0.25) is 11.8 Å². The van der Waals surface area contributed by atoms with E-state index in [0.717, 1.165) is 31.4 Å². The maximum Gasteiger partial charge on any atom is 0.239 e. The first-order valence-electron chi connectivity index (χ1n) is 7.73. The van der Waals surface area contributed by atoms with Gasteiger partial charge in [-0.15, -0.1) is 0 Å². The quantitative estimate of drug-likeness (QED) is 0.911. The molecule has 2 heterocycles. The molecule has 1 saturated carbocycles. The van der Waals surface area contributed by atoms with Crippen molar-refractivity contribution in [3.63, 3.8) is 0 Å². The number of fused-ring (bicyclic) bond motifs is 1. The first-order valence-corrected chi connectivity index (χ1v) is 7.73. The van der Waals surface area contributed by atoms with Crippen molar-refractivity contribution in [2.45, 2.75) is 50.6 Å². The minimum Gasteiger partial charge on any atom is -0.350 e. The van der Waals surface area contributed by atoms with Crippen molar-refractivity contribution in [3.05, 3.63) is 30.1 Å². The first kappa shape index (κ1) is 14.0. The number of carbonyl (C=O) groups excluding carboxylic acids is 2. The van der Waals surface area contributed by atoms with Gasteiger partial charge in [-0.25, -0.2) is 0 Å². The van der Waals surface area contributed by atoms with Crippen LogP contribution in [0, 0.1) is 0 Å². The number of rotatable bonds is 3. The summed E-state index contributed by atoms with van der Waals surface area (Å²) in [7, 11) is 0. The summed E-state index contributed by atoms with van der Waals surface area (Å²) in [6.45, 7) is 0.211. The predicted octanol–water partition coefficient (Wildman–Crippen LogP) is 1.28. The largest absolute Gasteiger partial charge is 0.350 e. The van der Waals surface area contributed by atoms with Crippen LogP contribution in [-0.2, 0) is 16.0 Å². The fourth-order valence-corrected chi connectivity index (χ4v) is 3.37. The number of hydrogen-bond acceptors (Lipinski definition) is 3. The third-order valence-electron chi connectivity index (χ3n) is 4.43. The Kier molecular flexibility index (Phi) is 4.18. The molecule has 2 fully saturated rings. The second kappa shape index (κ2) is 6.24. The van der Waals surface area contributed by atoms with Gasteiger partial charge in [-0.1, -0.05) is 18.9 Å². The van der Waals surface area contributed by atoms with E-state index in [2.05, 4.69) is 10.3 Å². The van der Waals surface area contributed by atoms with Gasteiger partial charge < -0.3 is 10.2 Å². The van der Waals surface area contributed by atoms with E-state index in [4.69, 9.17) is 0 Å². The molecule has 2 aliphatic rings. The number of carbonyl (C=O) groups is 2. The molecule has 2 atom stereocenters. The molecule has 1 aromatic rings. The lowest BCUT2D eigenvalue weighted by Gasteiger charge is -2.44. The van der Waals surface area contributed by atoms with Gasteiger partial charge in [0.15, 0.2) is 0 Å². The van der Waals surface area contributed by atoms with Gasteiger partial charge in [-0.3, -0.25) is 14.6 Å². The number of amides is 2. The Bertz CT molecular complexity index is 518. The molecule has 0 aromatic carbocycles. The lowest BCUT2D eigenvalue weighted by atomic mass is 9.87. The maximum atomic E-state index is 12.5. The van der Waals surface area contributed by atoms with Gasteiger partial charge in [0.05, 0.1) is 12.6 Å². The molecule has 0 spiro atoms. The Hall–Kier alpha value is -1.91. The molecular formula is C16H21N3O2. The van der Waals surface area contributed by atoms with Crippen molar-refractivity contribution in [2.75, 3.05) is 6.54 Å². The molecule has 5 nitrogen and oxygen atoms in total. The average molecular weight is 287 g/mol. The van der Waals surface area contributed by atoms with E-state index in [9.17, 15) is 9.59 Å². The summed E-state index contributed by atoms with van der Waals surface area (Å²) in [5, 5.41) is 3.03. The highest BCUT2D eigenvalue weighted by molar-refractivity contribution is 5.86. The van der Waals surface area contributed by atoms with Crippen molar-refractivity contribution < 1.29 is 9.59 Å². The third-order valence-corrected chi connectivity index (χ3v) is 4.43. The van der Waals surface area contributed by atoms with Crippen LogP contribution < -0.4 is 5.32 Å². The molecule has 1 aliphatic carbocycles. The summed E-state index contributed by atoms with van der Waals surface area (Å²) in [5.74, 6) is 0.0525. The van der Waals surface area contributed by atoms with Crippen LogP contribution in [0.3, 0.4) is 0 Å². The van der Waals surface area contributed by atoms with Crippen LogP contribution in [0.25, 0.3) is 0 Å². The Labute approximate surface area is 124 Å². The zero-order chi connectivity index (χ0) is 14.7. The predicted molar refractivity (Wildman–Crippen MR) is 78.5 cm³/mol. The van der Waals surface area contributed by atoms with E-state index in [-0.39, 0.29) is 30.4 Å². The fourth-order valence-electron chi connectivity index (χ4n) is 3.37. The summed E-state index contributed by atoms with van der Waals surface area (Å²) >= 11 is 0. The highest BCUT2D eigenvalue weighted by atomic mass is 16.2. The Balaban J connectivity index is 1.63. The van der Waals surface area contributed by atoms with Crippen LogP contribution in [0.1, 0.15) is 37.8 Å². The number of hydrogen-bond donors (Lipinski definition) is 1. The minimum absolute atomic E-state index is 0.0238. The lowest BCUT2D eigenvalue weighted by Crippen LogP contribution is -2.62. The minimum atomic E-state index is -0.0238. The van der Waals surface area contributed by atoms with Gasteiger partial charge in [0.1, 0.15) is 0 Å². The van der Waals surface area contributed by atoms with Crippen molar-refractivity contribution >= 4 is 11.8 Å². The van der Waals surface area contributed by atoms with Crippen LogP contribution in [-0.4, -0.2) is 40.3 Å². The highest BCUT2D eigenvalue weighted by Gasteiger charge is 2.38. The van der Waals surface area contributed by atoms with E-state index in [1.807, 2.05) is 18.2 Å². The Morgan fingerprint density at radius 2 is 2.19 bits per heavy atom. The van der Waals surface area contributed by atoms with Gasteiger partial charge >= 0.3 is 0 Å². The monoisotopic (exact) mass is 287 g/mol. The standard InChI is InChI=1S/C16H21N3O2/c20-15-11-19(14-7-2-1-6-13(14)18-15)16(21)9-8-12-5-3-4-10-17-12/h3-5,10,13-14H,1-2,6-9,11H2,(H,18,20). The normalized spacial score (nSPS) is 25.1. The summed E-state index contributed by atoms with van der Waals surface area (Å²) in [6, 6.07) is 6.07. The molecule has 21 heavy (non-hydrogen) atoms. The molecule has 2 unspecified atom stereocenters. The second-order valence-electron chi connectivity index (χ2n) is 5.87. The molecule has 3 rings (SSSR count). The number of nitrogens with zero attached hydrogens (tertiary/aromatic N) is 2. The third kappa shape index (κ3) is 3.23. The van der Waals surface area contributed by atoms with Crippen LogP contribution >= 0.6 is 0 Å². The number of aryl methyl sites for hydroxylation is 1. The number of nitrogens with one attached hydrogen (secondary N) is 1. The van der Waals surface area contributed by atoms with Crippen LogP contribution in [0.2, 0.25) is 0 Å². The van der Waals surface area contributed by atoms with Crippen molar-refractivity contribution in [2.24, 2.45) is 0 Å². The summed E-state index contributed by atoms with van der Waals surface area (Å²) in [4.78, 5) is 30.3. The summed E-state index contributed by atoms with van der Waals surface area (Å²) in [5.41, 5.74) is 0.924. The van der Waals surface area contributed by atoms with E-state index in [1.165, 1.54) is 0 Å². The molecule has 1 aliphatic heterocycles. The SMILES string of the molecule is O=C1CN(C(=O)CCc2ccccn2)C2CCCCC2N1. The lowest BCUT2D eigenvalue weighted by molar-refractivity contribution is -0.144. The van der Waals surface area contributed by atoms with Crippen LogP contribution in [0.15, 0.2) is 24.4 Å². The van der Waals surface area contributed by atoms with Crippen LogP contribution in [0.4, 0.5) is 0 Å². The van der Waals surface area contributed by atoms with E-state index >= 15 is 0 Å². The summed E-state index contributed by atoms with van der Waals surface area (Å²) in [6.07, 6.45) is 7.06. The highest BCUT2D eigenvalue weighted by Crippen LogP contribution is 2.26. The fraction of sp³-hybridized carbons (Fsp3) is 0.562. The molecule has 0 radical (unpaired) electrons. The molecule has 5 heteroatoms. The zero-order valence-electron chi connectivity index (χ0n) is 12.1. The molecule has 1 aromatic heterocycles. The van der Waals surface area contributed by atoms with Crippen molar-refractivity contribution in [1.29, 1.82) is 0 Å². The molecule has 2 amide bonds. The van der Waals surface area contributed by atoms with Crippen LogP contribution in [0.5, 0.6) is 0 Å². The zero-order valence-corrected chi connectivity index (χ0v) is 12.1. The molecule has 1 saturated heterocycles. The molecule has 0 bridgehead atoms. The Morgan fingerprint density at radius 3 is 3.00 bits per heavy atom. The van der Waals surface area contributed by atoms with Gasteiger partial charge in [-0.2, -0.15) is 0 Å². The van der Waals surface area contributed by atoms with E-state index in [1.54, 1.807) is 11.1 Å². The van der Waals surface area contributed by atoms with E-state index in [0.29, 0.717) is 12.8 Å². The van der Waals surface area contributed by atoms with Gasteiger partial charge in [0.25, 0.3) is 0 Å². The summed E-state index contributed by atoms with van der Waals surface area (Å²) < 4.78 is 0.